The molecule has 1 unspecified atom stereocenters. The molecule has 0 aromatic rings. The highest BCUT2D eigenvalue weighted by molar-refractivity contribution is 7.89. The summed E-state index contributed by atoms with van der Waals surface area (Å²) in [7, 11) is -3.06. The number of nitrogens with one attached hydrogen (secondary N) is 2. The Bertz CT molecular complexity index is 317. The molecular weight excluding hydrogens is 236 g/mol. The number of hydrogen-bond acceptors (Lipinski definition) is 3. The Morgan fingerprint density at radius 2 is 1.82 bits per heavy atom. The second-order valence-corrected chi connectivity index (χ2v) is 7.28. The van der Waals surface area contributed by atoms with Crippen molar-refractivity contribution in [1.82, 2.24) is 10.0 Å². The summed E-state index contributed by atoms with van der Waals surface area (Å²) < 4.78 is 26.6. The predicted octanol–water partition coefficient (Wildman–Crippen LogP) is 1.24. The van der Waals surface area contributed by atoms with E-state index in [2.05, 4.69) is 10.0 Å². The summed E-state index contributed by atoms with van der Waals surface area (Å²) in [5.41, 5.74) is 0. The van der Waals surface area contributed by atoms with Crippen LogP contribution in [0, 0.1) is 5.92 Å². The predicted molar refractivity (Wildman–Crippen MR) is 69.4 cm³/mol. The van der Waals surface area contributed by atoms with Gasteiger partial charge in [-0.05, 0) is 38.1 Å². The maximum Gasteiger partial charge on any atom is 0.211 e. The van der Waals surface area contributed by atoms with E-state index in [0.717, 1.165) is 32.2 Å². The first-order valence-electron chi connectivity index (χ1n) is 6.86. The smallest absolute Gasteiger partial charge is 0.211 e. The molecule has 0 aromatic carbocycles. The van der Waals surface area contributed by atoms with Gasteiger partial charge in [-0.25, -0.2) is 13.1 Å². The molecular formula is C12H24N2O2S. The fourth-order valence-electron chi connectivity index (χ4n) is 2.88. The third-order valence-corrected chi connectivity index (χ3v) is 5.41. The first kappa shape index (κ1) is 13.3. The van der Waals surface area contributed by atoms with Gasteiger partial charge in [0.15, 0.2) is 0 Å². The van der Waals surface area contributed by atoms with E-state index in [4.69, 9.17) is 0 Å². The van der Waals surface area contributed by atoms with Gasteiger partial charge in [0.2, 0.25) is 10.0 Å². The molecule has 1 aliphatic heterocycles. The monoisotopic (exact) mass is 260 g/mol. The molecule has 5 heteroatoms. The molecule has 1 heterocycles. The lowest BCUT2D eigenvalue weighted by molar-refractivity contribution is 0.383. The van der Waals surface area contributed by atoms with Gasteiger partial charge in [-0.1, -0.05) is 19.3 Å². The molecule has 0 spiro atoms. The maximum absolute atomic E-state index is 11.9. The SMILES string of the molecule is O=S(=O)(CC1CCCCC1)NCC1CCCN1. The van der Waals surface area contributed by atoms with E-state index in [1.165, 1.54) is 19.3 Å². The molecule has 0 radical (unpaired) electrons. The molecule has 17 heavy (non-hydrogen) atoms. The van der Waals surface area contributed by atoms with Crippen molar-refractivity contribution in [2.24, 2.45) is 5.92 Å². The molecule has 1 atom stereocenters. The Morgan fingerprint density at radius 3 is 2.47 bits per heavy atom. The minimum absolute atomic E-state index is 0.333. The third-order valence-electron chi connectivity index (χ3n) is 3.89. The van der Waals surface area contributed by atoms with Gasteiger partial charge in [-0.15, -0.1) is 0 Å². The molecule has 1 aliphatic carbocycles. The Labute approximate surface area is 105 Å². The third kappa shape index (κ3) is 4.56. The number of rotatable bonds is 5. The maximum atomic E-state index is 11.9. The molecule has 0 aromatic heterocycles. The van der Waals surface area contributed by atoms with Crippen LogP contribution in [0.1, 0.15) is 44.9 Å². The van der Waals surface area contributed by atoms with E-state index in [1.54, 1.807) is 0 Å². The van der Waals surface area contributed by atoms with Crippen LogP contribution in [-0.4, -0.2) is 33.3 Å². The van der Waals surface area contributed by atoms with Gasteiger partial charge < -0.3 is 5.32 Å². The highest BCUT2D eigenvalue weighted by Crippen LogP contribution is 2.24. The summed E-state index contributed by atoms with van der Waals surface area (Å²) in [4.78, 5) is 0. The van der Waals surface area contributed by atoms with E-state index >= 15 is 0 Å². The fourth-order valence-corrected chi connectivity index (χ4v) is 4.41. The topological polar surface area (TPSA) is 58.2 Å². The van der Waals surface area contributed by atoms with Crippen LogP contribution in [-0.2, 0) is 10.0 Å². The summed E-state index contributed by atoms with van der Waals surface area (Å²) in [5, 5.41) is 3.31. The first-order chi connectivity index (χ1) is 8.16. The van der Waals surface area contributed by atoms with Gasteiger partial charge >= 0.3 is 0 Å². The van der Waals surface area contributed by atoms with Crippen LogP contribution in [0.5, 0.6) is 0 Å². The summed E-state index contributed by atoms with van der Waals surface area (Å²) in [5.74, 6) is 0.720. The molecule has 0 bridgehead atoms. The quantitative estimate of drug-likeness (QED) is 0.782. The lowest BCUT2D eigenvalue weighted by atomic mass is 9.91. The van der Waals surface area contributed by atoms with Crippen LogP contribution in [0.3, 0.4) is 0 Å². The van der Waals surface area contributed by atoms with Crippen molar-refractivity contribution in [2.75, 3.05) is 18.8 Å². The second-order valence-electron chi connectivity index (χ2n) is 5.43. The van der Waals surface area contributed by atoms with Crippen molar-refractivity contribution in [1.29, 1.82) is 0 Å². The Morgan fingerprint density at radius 1 is 1.06 bits per heavy atom. The molecule has 100 valence electrons. The highest BCUT2D eigenvalue weighted by atomic mass is 32.2. The van der Waals surface area contributed by atoms with Gasteiger partial charge in [-0.2, -0.15) is 0 Å². The Balaban J connectivity index is 1.73. The van der Waals surface area contributed by atoms with Gasteiger partial charge in [0.05, 0.1) is 5.75 Å². The minimum Gasteiger partial charge on any atom is -0.313 e. The minimum atomic E-state index is -3.06. The largest absolute Gasteiger partial charge is 0.313 e. The Kier molecular flexibility index (Phi) is 4.82. The molecule has 2 fully saturated rings. The lowest BCUT2D eigenvalue weighted by Gasteiger charge is -2.21. The van der Waals surface area contributed by atoms with Crippen molar-refractivity contribution in [3.05, 3.63) is 0 Å². The average Bonchev–Trinajstić information content (AvgIpc) is 2.80. The molecule has 2 N–H and O–H groups in total. The summed E-state index contributed by atoms with van der Waals surface area (Å²) in [6.45, 7) is 1.59. The molecule has 1 saturated carbocycles. The fraction of sp³-hybridized carbons (Fsp3) is 1.00. The first-order valence-corrected chi connectivity index (χ1v) is 8.52. The standard InChI is InChI=1S/C12H24N2O2S/c15-17(16,10-11-5-2-1-3-6-11)14-9-12-7-4-8-13-12/h11-14H,1-10H2. The van der Waals surface area contributed by atoms with Gasteiger partial charge in [-0.3, -0.25) is 0 Å². The van der Waals surface area contributed by atoms with E-state index in [0.29, 0.717) is 24.3 Å². The molecule has 1 saturated heterocycles. The van der Waals surface area contributed by atoms with Crippen molar-refractivity contribution < 1.29 is 8.42 Å². The van der Waals surface area contributed by atoms with Gasteiger partial charge in [0.25, 0.3) is 0 Å². The Hall–Kier alpha value is -0.130. The van der Waals surface area contributed by atoms with Crippen molar-refractivity contribution >= 4 is 10.0 Å². The summed E-state index contributed by atoms with van der Waals surface area (Å²) in [6, 6.07) is 0.344. The summed E-state index contributed by atoms with van der Waals surface area (Å²) >= 11 is 0. The van der Waals surface area contributed by atoms with Crippen LogP contribution >= 0.6 is 0 Å². The molecule has 4 nitrogen and oxygen atoms in total. The van der Waals surface area contributed by atoms with Gasteiger partial charge in [0.1, 0.15) is 0 Å². The van der Waals surface area contributed by atoms with Crippen LogP contribution in [0.4, 0.5) is 0 Å². The lowest BCUT2D eigenvalue weighted by Crippen LogP contribution is -2.39. The van der Waals surface area contributed by atoms with E-state index in [9.17, 15) is 8.42 Å². The highest BCUT2D eigenvalue weighted by Gasteiger charge is 2.22. The summed E-state index contributed by atoms with van der Waals surface area (Å²) in [6.07, 6.45) is 8.09. The zero-order chi connectivity index (χ0) is 12.1. The number of sulfonamides is 1. The van der Waals surface area contributed by atoms with Crippen LogP contribution in [0.2, 0.25) is 0 Å². The van der Waals surface area contributed by atoms with Crippen LogP contribution < -0.4 is 10.0 Å². The molecule has 2 aliphatic rings. The molecule has 2 rings (SSSR count). The van der Waals surface area contributed by atoms with Crippen molar-refractivity contribution in [3.63, 3.8) is 0 Å². The van der Waals surface area contributed by atoms with Crippen molar-refractivity contribution in [2.45, 2.75) is 51.0 Å². The second kappa shape index (κ2) is 6.16. The zero-order valence-electron chi connectivity index (χ0n) is 10.5. The van der Waals surface area contributed by atoms with Crippen molar-refractivity contribution in [3.8, 4) is 0 Å². The van der Waals surface area contributed by atoms with Crippen LogP contribution in [0.25, 0.3) is 0 Å². The van der Waals surface area contributed by atoms with E-state index in [-0.39, 0.29) is 0 Å². The van der Waals surface area contributed by atoms with Crippen LogP contribution in [0.15, 0.2) is 0 Å². The van der Waals surface area contributed by atoms with E-state index < -0.39 is 10.0 Å². The van der Waals surface area contributed by atoms with E-state index in [1.807, 2.05) is 0 Å². The average molecular weight is 260 g/mol. The molecule has 0 amide bonds. The van der Waals surface area contributed by atoms with Gasteiger partial charge in [0, 0.05) is 12.6 Å². The number of hydrogen-bond donors (Lipinski definition) is 2. The zero-order valence-corrected chi connectivity index (χ0v) is 11.3. The normalized spacial score (nSPS) is 27.4.